The summed E-state index contributed by atoms with van der Waals surface area (Å²) in [5.74, 6) is 3.45. The fraction of sp³-hybridized carbons (Fsp3) is 0.810. The molecule has 1 aromatic rings. The van der Waals surface area contributed by atoms with Crippen molar-refractivity contribution in [3.63, 3.8) is 0 Å². The number of carbonyl (C=O) groups excluding carboxylic acids is 1. The summed E-state index contributed by atoms with van der Waals surface area (Å²) in [6.07, 6.45) is 9.36. The van der Waals surface area contributed by atoms with Crippen molar-refractivity contribution >= 4 is 5.91 Å². The Bertz CT molecular complexity index is 608. The lowest BCUT2D eigenvalue weighted by Gasteiger charge is -2.59. The van der Waals surface area contributed by atoms with Crippen LogP contribution in [0.15, 0.2) is 4.52 Å². The minimum atomic E-state index is -0.200. The molecule has 4 aliphatic rings. The second kappa shape index (κ2) is 6.14. The summed E-state index contributed by atoms with van der Waals surface area (Å²) < 4.78 is 5.27. The Balaban J connectivity index is 1.51. The lowest BCUT2D eigenvalue weighted by atomic mass is 9.47. The molecule has 0 aliphatic heterocycles. The molecule has 4 saturated carbocycles. The molecule has 4 bridgehead atoms. The van der Waals surface area contributed by atoms with Gasteiger partial charge in [0.1, 0.15) is 5.76 Å². The highest BCUT2D eigenvalue weighted by atomic mass is 16.5. The van der Waals surface area contributed by atoms with Gasteiger partial charge in [-0.1, -0.05) is 12.1 Å². The summed E-state index contributed by atoms with van der Waals surface area (Å²) in [5, 5.41) is 7.48. The molecule has 138 valence electrons. The first-order chi connectivity index (χ1) is 11.9. The zero-order valence-electron chi connectivity index (χ0n) is 16.1. The smallest absolute Gasteiger partial charge is 0.227 e. The molecule has 2 unspecified atom stereocenters. The number of nitrogens with zero attached hydrogens (tertiary/aromatic N) is 1. The molecular weight excluding hydrogens is 312 g/mol. The summed E-state index contributed by atoms with van der Waals surface area (Å²) in [5.41, 5.74) is 2.15. The second-order valence-corrected chi connectivity index (χ2v) is 9.21. The highest BCUT2D eigenvalue weighted by molar-refractivity contribution is 5.84. The lowest BCUT2D eigenvalue weighted by Crippen LogP contribution is -2.57. The standard InChI is InChI=1S/C21H32N2O2/c1-5-18(21-9-15-6-16(10-21)8-17(7-15)11-21)22-20(24)12(2)19-13(3)23-25-14(19)4/h12,15-18H,5-11H2,1-4H3,(H,22,24). The quantitative estimate of drug-likeness (QED) is 0.855. The topological polar surface area (TPSA) is 55.1 Å². The van der Waals surface area contributed by atoms with Gasteiger partial charge in [0.25, 0.3) is 0 Å². The highest BCUT2D eigenvalue weighted by Gasteiger charge is 2.54. The van der Waals surface area contributed by atoms with Crippen LogP contribution in [0, 0.1) is 37.0 Å². The van der Waals surface area contributed by atoms with E-state index in [-0.39, 0.29) is 11.8 Å². The number of rotatable bonds is 5. The minimum absolute atomic E-state index is 0.136. The van der Waals surface area contributed by atoms with Crippen LogP contribution in [0.3, 0.4) is 0 Å². The largest absolute Gasteiger partial charge is 0.361 e. The van der Waals surface area contributed by atoms with Crippen LogP contribution in [0.2, 0.25) is 0 Å². The van der Waals surface area contributed by atoms with Gasteiger partial charge in [-0.05, 0) is 88.9 Å². The lowest BCUT2D eigenvalue weighted by molar-refractivity contribution is -0.127. The van der Waals surface area contributed by atoms with Gasteiger partial charge in [0.15, 0.2) is 0 Å². The van der Waals surface area contributed by atoms with Gasteiger partial charge in [-0.2, -0.15) is 0 Å². The van der Waals surface area contributed by atoms with Gasteiger partial charge in [-0.15, -0.1) is 0 Å². The molecule has 1 aromatic heterocycles. The zero-order chi connectivity index (χ0) is 17.8. The minimum Gasteiger partial charge on any atom is -0.361 e. The molecule has 25 heavy (non-hydrogen) atoms. The molecule has 0 aromatic carbocycles. The molecule has 1 amide bonds. The van der Waals surface area contributed by atoms with Gasteiger partial charge in [0.05, 0.1) is 11.6 Å². The van der Waals surface area contributed by atoms with Gasteiger partial charge in [-0.3, -0.25) is 4.79 Å². The molecule has 1 heterocycles. The van der Waals surface area contributed by atoms with Crippen molar-refractivity contribution in [3.8, 4) is 0 Å². The Labute approximate surface area is 151 Å². The maximum atomic E-state index is 13.0. The summed E-state index contributed by atoms with van der Waals surface area (Å²) >= 11 is 0. The van der Waals surface area contributed by atoms with E-state index in [1.165, 1.54) is 38.5 Å². The fourth-order valence-electron chi connectivity index (χ4n) is 6.83. The van der Waals surface area contributed by atoms with Crippen molar-refractivity contribution in [3.05, 3.63) is 17.0 Å². The SMILES string of the molecule is CCC(NC(=O)C(C)c1c(C)noc1C)C12CC3CC(CC(C3)C1)C2. The third-order valence-corrected chi connectivity index (χ3v) is 7.46. The molecule has 4 aliphatic carbocycles. The number of aryl methyl sites for hydroxylation is 2. The summed E-state index contributed by atoms with van der Waals surface area (Å²) in [7, 11) is 0. The van der Waals surface area contributed by atoms with E-state index in [4.69, 9.17) is 4.52 Å². The molecule has 0 saturated heterocycles. The van der Waals surface area contributed by atoms with Gasteiger partial charge >= 0.3 is 0 Å². The van der Waals surface area contributed by atoms with Crippen LogP contribution in [0.25, 0.3) is 0 Å². The van der Waals surface area contributed by atoms with Crippen molar-refractivity contribution in [2.45, 2.75) is 84.6 Å². The first-order valence-corrected chi connectivity index (χ1v) is 10.1. The molecule has 2 atom stereocenters. The van der Waals surface area contributed by atoms with Crippen LogP contribution in [-0.2, 0) is 4.79 Å². The molecule has 1 N–H and O–H groups in total. The van der Waals surface area contributed by atoms with Crippen molar-refractivity contribution < 1.29 is 9.32 Å². The highest BCUT2D eigenvalue weighted by Crippen LogP contribution is 2.61. The van der Waals surface area contributed by atoms with Crippen LogP contribution in [-0.4, -0.2) is 17.1 Å². The monoisotopic (exact) mass is 344 g/mol. The van der Waals surface area contributed by atoms with E-state index in [1.54, 1.807) is 0 Å². The molecule has 4 fully saturated rings. The van der Waals surface area contributed by atoms with E-state index in [2.05, 4.69) is 17.4 Å². The number of aromatic nitrogens is 1. The molecule has 4 heteroatoms. The molecule has 5 rings (SSSR count). The van der Waals surface area contributed by atoms with E-state index < -0.39 is 0 Å². The zero-order valence-corrected chi connectivity index (χ0v) is 16.1. The molecule has 0 radical (unpaired) electrons. The van der Waals surface area contributed by atoms with Crippen LogP contribution in [0.5, 0.6) is 0 Å². The van der Waals surface area contributed by atoms with Crippen LogP contribution in [0.1, 0.15) is 81.7 Å². The van der Waals surface area contributed by atoms with E-state index >= 15 is 0 Å². The molecular formula is C21H32N2O2. The number of amides is 1. The van der Waals surface area contributed by atoms with Gasteiger partial charge in [-0.25, -0.2) is 0 Å². The Morgan fingerprint density at radius 1 is 1.20 bits per heavy atom. The van der Waals surface area contributed by atoms with E-state index in [0.29, 0.717) is 11.5 Å². The van der Waals surface area contributed by atoms with Crippen molar-refractivity contribution in [2.24, 2.45) is 23.2 Å². The molecule has 0 spiro atoms. The first-order valence-electron chi connectivity index (χ1n) is 10.1. The van der Waals surface area contributed by atoms with E-state index in [0.717, 1.165) is 41.2 Å². The van der Waals surface area contributed by atoms with E-state index in [1.807, 2.05) is 20.8 Å². The Kier molecular flexibility index (Phi) is 4.20. The summed E-state index contributed by atoms with van der Waals surface area (Å²) in [4.78, 5) is 13.0. The number of hydrogen-bond acceptors (Lipinski definition) is 3. The average Bonchev–Trinajstić information content (AvgIpc) is 2.89. The predicted octanol–water partition coefficient (Wildman–Crippen LogP) is 4.51. The first kappa shape index (κ1) is 17.1. The van der Waals surface area contributed by atoms with Gasteiger partial charge in [0.2, 0.25) is 5.91 Å². The van der Waals surface area contributed by atoms with Gasteiger partial charge in [0, 0.05) is 11.6 Å². The maximum Gasteiger partial charge on any atom is 0.227 e. The van der Waals surface area contributed by atoms with Crippen molar-refractivity contribution in [1.82, 2.24) is 10.5 Å². The normalized spacial score (nSPS) is 35.6. The summed E-state index contributed by atoms with van der Waals surface area (Å²) in [6.45, 7) is 8.04. The number of nitrogens with one attached hydrogen (secondary N) is 1. The van der Waals surface area contributed by atoms with E-state index in [9.17, 15) is 4.79 Å². The second-order valence-electron chi connectivity index (χ2n) is 9.21. The van der Waals surface area contributed by atoms with Crippen LogP contribution < -0.4 is 5.32 Å². The van der Waals surface area contributed by atoms with Gasteiger partial charge < -0.3 is 9.84 Å². The number of carbonyl (C=O) groups is 1. The fourth-order valence-corrected chi connectivity index (χ4v) is 6.83. The van der Waals surface area contributed by atoms with Crippen LogP contribution >= 0.6 is 0 Å². The van der Waals surface area contributed by atoms with Crippen molar-refractivity contribution in [1.29, 1.82) is 0 Å². The van der Waals surface area contributed by atoms with Crippen molar-refractivity contribution in [2.75, 3.05) is 0 Å². The molecule has 4 nitrogen and oxygen atoms in total. The summed E-state index contributed by atoms with van der Waals surface area (Å²) in [6, 6.07) is 0.316. The maximum absolute atomic E-state index is 13.0. The Morgan fingerprint density at radius 3 is 2.20 bits per heavy atom. The van der Waals surface area contributed by atoms with Crippen LogP contribution in [0.4, 0.5) is 0 Å². The Morgan fingerprint density at radius 2 is 1.76 bits per heavy atom. The predicted molar refractivity (Wildman–Crippen MR) is 97.2 cm³/mol. The third kappa shape index (κ3) is 2.82. The Hall–Kier alpha value is -1.32. The average molecular weight is 344 g/mol. The third-order valence-electron chi connectivity index (χ3n) is 7.46. The number of hydrogen-bond donors (Lipinski definition) is 1.